The highest BCUT2D eigenvalue weighted by atomic mass is 19.1. The molecule has 2 aliphatic rings. The minimum Gasteiger partial charge on any atom is -0.477 e. The minimum atomic E-state index is -1.44. The lowest BCUT2D eigenvalue weighted by molar-refractivity contribution is 0.0695. The van der Waals surface area contributed by atoms with Crippen LogP contribution in [0.1, 0.15) is 23.7 Å². The third kappa shape index (κ3) is 2.91. The van der Waals surface area contributed by atoms with Gasteiger partial charge < -0.3 is 20.3 Å². The fourth-order valence-electron chi connectivity index (χ4n) is 5.01. The van der Waals surface area contributed by atoms with E-state index in [0.29, 0.717) is 18.8 Å². The summed E-state index contributed by atoms with van der Waals surface area (Å²) >= 11 is 0. The predicted octanol–water partition coefficient (Wildman–Crippen LogP) is 2.54. The van der Waals surface area contributed by atoms with Crippen molar-refractivity contribution in [2.75, 3.05) is 18.0 Å². The number of aromatic carboxylic acids is 1. The van der Waals surface area contributed by atoms with Crippen LogP contribution in [-0.4, -0.2) is 39.8 Å². The van der Waals surface area contributed by atoms with Crippen LogP contribution in [0, 0.1) is 23.0 Å². The van der Waals surface area contributed by atoms with Crippen LogP contribution >= 0.6 is 0 Å². The quantitative estimate of drug-likeness (QED) is 0.668. The molecule has 5 rings (SSSR count). The molecule has 0 amide bonds. The second kappa shape index (κ2) is 6.58. The van der Waals surface area contributed by atoms with Crippen molar-refractivity contribution in [1.82, 2.24) is 9.55 Å². The Morgan fingerprint density at radius 2 is 2.00 bits per heavy atom. The Morgan fingerprint density at radius 1 is 1.29 bits per heavy atom. The Bertz CT molecular complexity index is 1290. The zero-order valence-electron chi connectivity index (χ0n) is 16.7. The predicted molar refractivity (Wildman–Crippen MR) is 111 cm³/mol. The number of carboxylic acid groups (broad SMARTS) is 1. The van der Waals surface area contributed by atoms with Crippen LogP contribution < -0.4 is 16.1 Å². The minimum absolute atomic E-state index is 0.00766. The summed E-state index contributed by atoms with van der Waals surface area (Å²) in [6.07, 6.45) is 1.99. The molecule has 160 valence electrons. The van der Waals surface area contributed by atoms with Gasteiger partial charge in [-0.25, -0.2) is 18.6 Å². The molecule has 9 heteroatoms. The third-order valence-electron chi connectivity index (χ3n) is 6.63. The molecule has 7 nitrogen and oxygen atoms in total. The van der Waals surface area contributed by atoms with Gasteiger partial charge in [0.15, 0.2) is 17.3 Å². The summed E-state index contributed by atoms with van der Waals surface area (Å²) in [6.45, 7) is 3.27. The van der Waals surface area contributed by atoms with Crippen molar-refractivity contribution in [2.45, 2.75) is 19.4 Å². The first kappa shape index (κ1) is 19.6. The Hall–Kier alpha value is -3.33. The van der Waals surface area contributed by atoms with E-state index in [1.807, 2.05) is 4.90 Å². The molecule has 2 fully saturated rings. The average Bonchev–Trinajstić information content (AvgIpc) is 2.99. The summed E-state index contributed by atoms with van der Waals surface area (Å²) in [4.78, 5) is 30.6. The fraction of sp³-hybridized carbons (Fsp3) is 0.318. The van der Waals surface area contributed by atoms with Crippen LogP contribution in [0.15, 0.2) is 41.3 Å². The number of fused-ring (bicyclic) bond motifs is 2. The van der Waals surface area contributed by atoms with Gasteiger partial charge in [0.05, 0.1) is 5.39 Å². The van der Waals surface area contributed by atoms with E-state index in [-0.39, 0.29) is 34.2 Å². The van der Waals surface area contributed by atoms with Crippen molar-refractivity contribution in [3.63, 3.8) is 0 Å². The summed E-state index contributed by atoms with van der Waals surface area (Å²) in [5, 5.41) is 9.29. The number of aromatic nitrogens is 2. The molecule has 3 atom stereocenters. The maximum Gasteiger partial charge on any atom is 0.341 e. The van der Waals surface area contributed by atoms with Crippen molar-refractivity contribution >= 4 is 22.8 Å². The largest absolute Gasteiger partial charge is 0.477 e. The molecule has 1 aliphatic carbocycles. The van der Waals surface area contributed by atoms with Gasteiger partial charge in [-0.2, -0.15) is 0 Å². The summed E-state index contributed by atoms with van der Waals surface area (Å²) in [7, 11) is 0. The molecule has 3 N–H and O–H groups in total. The maximum absolute atomic E-state index is 15.1. The summed E-state index contributed by atoms with van der Waals surface area (Å²) < 4.78 is 29.9. The fourth-order valence-corrected chi connectivity index (χ4v) is 5.01. The normalized spacial score (nSPS) is 24.8. The van der Waals surface area contributed by atoms with Crippen LogP contribution in [0.4, 0.5) is 14.6 Å². The van der Waals surface area contributed by atoms with Gasteiger partial charge in [0.2, 0.25) is 5.43 Å². The number of halogens is 2. The number of nitrogens with zero attached hydrogens (tertiary/aromatic N) is 3. The highest BCUT2D eigenvalue weighted by Crippen LogP contribution is 2.51. The van der Waals surface area contributed by atoms with Gasteiger partial charge in [-0.15, -0.1) is 0 Å². The molecule has 1 aliphatic heterocycles. The molecular weight excluding hydrogens is 406 g/mol. The highest BCUT2D eigenvalue weighted by Gasteiger charge is 2.55. The lowest BCUT2D eigenvalue weighted by atomic mass is 9.60. The van der Waals surface area contributed by atoms with Gasteiger partial charge in [0.1, 0.15) is 11.4 Å². The van der Waals surface area contributed by atoms with E-state index in [4.69, 9.17) is 5.73 Å². The van der Waals surface area contributed by atoms with E-state index in [2.05, 4.69) is 11.9 Å². The van der Waals surface area contributed by atoms with Gasteiger partial charge >= 0.3 is 5.97 Å². The van der Waals surface area contributed by atoms with Gasteiger partial charge in [-0.3, -0.25) is 4.79 Å². The molecule has 1 aromatic carbocycles. The number of carboxylic acids is 1. The van der Waals surface area contributed by atoms with Crippen LogP contribution in [0.2, 0.25) is 0 Å². The van der Waals surface area contributed by atoms with E-state index in [1.54, 1.807) is 0 Å². The number of carbonyl (C=O) groups is 1. The molecule has 3 heterocycles. The van der Waals surface area contributed by atoms with Crippen molar-refractivity contribution in [2.24, 2.45) is 17.1 Å². The number of pyridine rings is 2. The van der Waals surface area contributed by atoms with E-state index in [0.717, 1.165) is 18.7 Å². The van der Waals surface area contributed by atoms with Crippen LogP contribution in [-0.2, 0) is 0 Å². The number of benzene rings is 1. The van der Waals surface area contributed by atoms with Gasteiger partial charge in [0, 0.05) is 31.0 Å². The van der Waals surface area contributed by atoms with Gasteiger partial charge in [-0.05, 0) is 48.1 Å². The summed E-state index contributed by atoms with van der Waals surface area (Å²) in [6, 6.07) is 6.40. The molecule has 3 aromatic rings. The second-order valence-electron chi connectivity index (χ2n) is 8.70. The first-order valence-electron chi connectivity index (χ1n) is 9.93. The Morgan fingerprint density at radius 3 is 2.61 bits per heavy atom. The molecule has 2 aromatic heterocycles. The Kier molecular flexibility index (Phi) is 4.17. The van der Waals surface area contributed by atoms with Crippen LogP contribution in [0.5, 0.6) is 0 Å². The molecule has 0 bridgehead atoms. The molecule has 1 saturated heterocycles. The van der Waals surface area contributed by atoms with E-state index < -0.39 is 28.6 Å². The average molecular weight is 426 g/mol. The van der Waals surface area contributed by atoms with Crippen molar-refractivity contribution < 1.29 is 18.7 Å². The molecule has 3 unspecified atom stereocenters. The van der Waals surface area contributed by atoms with Gasteiger partial charge in [-0.1, -0.05) is 6.92 Å². The topological polar surface area (TPSA) is 101 Å². The smallest absolute Gasteiger partial charge is 0.341 e. The number of hydrogen-bond donors (Lipinski definition) is 2. The van der Waals surface area contributed by atoms with Crippen LogP contribution in [0.3, 0.4) is 0 Å². The molecule has 0 radical (unpaired) electrons. The SMILES string of the molecule is CC12CC(N)C1CN(c1nc3c(cc1F)c(=O)c(C(=O)O)cn3-c1ccc(F)cc1)C2. The monoisotopic (exact) mass is 426 g/mol. The molecular formula is C22H20F2N4O3. The molecule has 1 saturated carbocycles. The van der Waals surface area contributed by atoms with E-state index in [1.165, 1.54) is 28.8 Å². The lowest BCUT2D eigenvalue weighted by Crippen LogP contribution is -2.53. The van der Waals surface area contributed by atoms with Gasteiger partial charge in [0.25, 0.3) is 0 Å². The number of rotatable bonds is 3. The maximum atomic E-state index is 15.1. The second-order valence-corrected chi connectivity index (χ2v) is 8.70. The number of nitrogens with two attached hydrogens (primary N) is 1. The van der Waals surface area contributed by atoms with E-state index in [9.17, 15) is 19.1 Å². The standard InChI is InChI=1S/C22H20F2N4O3/c1-22-7-17(25)15(22)9-27(10-22)20-16(24)6-13-18(29)14(21(30)31)8-28(19(13)26-20)12-4-2-11(23)3-5-12/h2-6,8,15,17H,7,9-10,25H2,1H3,(H,30,31). The van der Waals surface area contributed by atoms with Crippen molar-refractivity contribution in [1.29, 1.82) is 0 Å². The molecule has 31 heavy (non-hydrogen) atoms. The van der Waals surface area contributed by atoms with E-state index >= 15 is 4.39 Å². The zero-order valence-corrected chi connectivity index (χ0v) is 16.7. The number of hydrogen-bond acceptors (Lipinski definition) is 5. The van der Waals surface area contributed by atoms with Crippen molar-refractivity contribution in [3.8, 4) is 5.69 Å². The number of anilines is 1. The zero-order chi connectivity index (χ0) is 22.1. The summed E-state index contributed by atoms with van der Waals surface area (Å²) in [5.41, 5.74) is 5.27. The lowest BCUT2D eigenvalue weighted by Gasteiger charge is -2.46. The van der Waals surface area contributed by atoms with Crippen molar-refractivity contribution in [3.05, 3.63) is 63.9 Å². The summed E-state index contributed by atoms with van der Waals surface area (Å²) in [5.74, 6) is -2.28. The highest BCUT2D eigenvalue weighted by molar-refractivity contribution is 5.92. The Balaban J connectivity index is 1.72. The van der Waals surface area contributed by atoms with Crippen LogP contribution in [0.25, 0.3) is 16.7 Å². The third-order valence-corrected chi connectivity index (χ3v) is 6.63. The Labute approximate surface area is 175 Å². The first-order valence-corrected chi connectivity index (χ1v) is 9.93. The first-order chi connectivity index (χ1) is 14.7. The molecule has 0 spiro atoms.